The SMILES string of the molecule is CN(C)c1ccc(/C=C/C(=O)C[C@H](N)C(=O)O)c2ccccc12.O=C(O)C(F)(F)F. The van der Waals surface area contributed by atoms with Crippen LogP contribution >= 0.6 is 0 Å². The van der Waals surface area contributed by atoms with E-state index < -0.39 is 24.2 Å². The van der Waals surface area contributed by atoms with Gasteiger partial charge < -0.3 is 20.8 Å². The van der Waals surface area contributed by atoms with Crippen LogP contribution in [0.25, 0.3) is 16.8 Å². The number of anilines is 1. The molecule has 0 aliphatic rings. The van der Waals surface area contributed by atoms with E-state index >= 15 is 0 Å². The highest BCUT2D eigenvalue weighted by molar-refractivity contribution is 6.02. The molecular formula is C20H21F3N2O5. The average Bonchev–Trinajstić information content (AvgIpc) is 2.65. The Morgan fingerprint density at radius 2 is 1.60 bits per heavy atom. The lowest BCUT2D eigenvalue weighted by molar-refractivity contribution is -0.192. The molecular weight excluding hydrogens is 405 g/mol. The van der Waals surface area contributed by atoms with Crippen molar-refractivity contribution < 1.29 is 37.8 Å². The molecule has 7 nitrogen and oxygen atoms in total. The Balaban J connectivity index is 0.000000553. The fourth-order valence-electron chi connectivity index (χ4n) is 2.40. The summed E-state index contributed by atoms with van der Waals surface area (Å²) in [4.78, 5) is 33.4. The number of carboxylic acids is 2. The lowest BCUT2D eigenvalue weighted by Gasteiger charge is -2.16. The maximum Gasteiger partial charge on any atom is 0.490 e. The summed E-state index contributed by atoms with van der Waals surface area (Å²) in [6.07, 6.45) is -2.20. The minimum absolute atomic E-state index is 0.209. The number of carboxylic acid groups (broad SMARTS) is 2. The minimum Gasteiger partial charge on any atom is -0.480 e. The summed E-state index contributed by atoms with van der Waals surface area (Å²) in [5, 5.41) is 18.0. The number of alkyl halides is 3. The molecule has 10 heteroatoms. The van der Waals surface area contributed by atoms with E-state index in [2.05, 4.69) is 0 Å². The highest BCUT2D eigenvalue weighted by Gasteiger charge is 2.38. The highest BCUT2D eigenvalue weighted by Crippen LogP contribution is 2.29. The van der Waals surface area contributed by atoms with E-state index in [4.69, 9.17) is 20.7 Å². The van der Waals surface area contributed by atoms with E-state index in [0.29, 0.717) is 0 Å². The lowest BCUT2D eigenvalue weighted by atomic mass is 10.0. The number of hydrogen-bond acceptors (Lipinski definition) is 5. The molecule has 4 N–H and O–H groups in total. The van der Waals surface area contributed by atoms with Gasteiger partial charge in [-0.3, -0.25) is 9.59 Å². The third kappa shape index (κ3) is 7.21. The Kier molecular flexibility index (Phi) is 8.54. The Hall–Kier alpha value is -3.40. The van der Waals surface area contributed by atoms with Crippen molar-refractivity contribution in [3.63, 3.8) is 0 Å². The topological polar surface area (TPSA) is 121 Å². The zero-order chi connectivity index (χ0) is 23.1. The summed E-state index contributed by atoms with van der Waals surface area (Å²) in [5.41, 5.74) is 7.37. The van der Waals surface area contributed by atoms with Crippen LogP contribution in [-0.4, -0.2) is 54.2 Å². The molecule has 2 rings (SSSR count). The van der Waals surface area contributed by atoms with Gasteiger partial charge in [0.1, 0.15) is 6.04 Å². The van der Waals surface area contributed by atoms with Crippen LogP contribution in [0.15, 0.2) is 42.5 Å². The van der Waals surface area contributed by atoms with Gasteiger partial charge in [0.05, 0.1) is 0 Å². The fourth-order valence-corrected chi connectivity index (χ4v) is 2.40. The summed E-state index contributed by atoms with van der Waals surface area (Å²) in [6, 6.07) is 10.7. The van der Waals surface area contributed by atoms with Crippen molar-refractivity contribution in [2.24, 2.45) is 5.73 Å². The molecule has 0 bridgehead atoms. The number of hydrogen-bond donors (Lipinski definition) is 3. The zero-order valence-corrected chi connectivity index (χ0v) is 16.2. The summed E-state index contributed by atoms with van der Waals surface area (Å²) in [5.74, 6) is -4.24. The normalized spacial score (nSPS) is 12.2. The van der Waals surface area contributed by atoms with E-state index in [1.54, 1.807) is 6.08 Å². The second-order valence-corrected chi connectivity index (χ2v) is 6.37. The van der Waals surface area contributed by atoms with Gasteiger partial charge in [-0.05, 0) is 23.1 Å². The highest BCUT2D eigenvalue weighted by atomic mass is 19.4. The van der Waals surface area contributed by atoms with Gasteiger partial charge in [-0.1, -0.05) is 36.4 Å². The predicted molar refractivity (Wildman–Crippen MR) is 106 cm³/mol. The molecule has 0 aliphatic carbocycles. The van der Waals surface area contributed by atoms with Gasteiger partial charge in [0.25, 0.3) is 0 Å². The molecule has 0 saturated heterocycles. The van der Waals surface area contributed by atoms with Crippen LogP contribution in [0.3, 0.4) is 0 Å². The van der Waals surface area contributed by atoms with Gasteiger partial charge in [0.15, 0.2) is 5.78 Å². The van der Waals surface area contributed by atoms with Gasteiger partial charge in [-0.25, -0.2) is 4.79 Å². The molecule has 1 atom stereocenters. The van der Waals surface area contributed by atoms with Crippen molar-refractivity contribution in [2.45, 2.75) is 18.6 Å². The molecule has 2 aromatic carbocycles. The summed E-state index contributed by atoms with van der Waals surface area (Å²) >= 11 is 0. The van der Waals surface area contributed by atoms with Gasteiger partial charge in [0.2, 0.25) is 0 Å². The predicted octanol–water partition coefficient (Wildman–Crippen LogP) is 2.92. The second kappa shape index (κ2) is 10.4. The minimum atomic E-state index is -5.08. The summed E-state index contributed by atoms with van der Waals surface area (Å²) < 4.78 is 31.7. The van der Waals surface area contributed by atoms with Crippen molar-refractivity contribution in [3.8, 4) is 0 Å². The van der Waals surface area contributed by atoms with Crippen molar-refractivity contribution in [2.75, 3.05) is 19.0 Å². The van der Waals surface area contributed by atoms with E-state index in [0.717, 1.165) is 22.0 Å². The van der Waals surface area contributed by atoms with Crippen LogP contribution in [0.4, 0.5) is 18.9 Å². The van der Waals surface area contributed by atoms with Gasteiger partial charge in [-0.2, -0.15) is 13.2 Å². The van der Waals surface area contributed by atoms with Crippen LogP contribution in [0.1, 0.15) is 12.0 Å². The third-order valence-electron chi connectivity index (χ3n) is 3.85. The Labute approximate surface area is 170 Å². The number of carbonyl (C=O) groups excluding carboxylic acids is 1. The third-order valence-corrected chi connectivity index (χ3v) is 3.85. The fraction of sp³-hybridized carbons (Fsp3) is 0.250. The largest absolute Gasteiger partial charge is 0.490 e. The number of ketones is 1. The van der Waals surface area contributed by atoms with Crippen LogP contribution < -0.4 is 10.6 Å². The Morgan fingerprint density at radius 3 is 2.07 bits per heavy atom. The Bertz CT molecular complexity index is 955. The van der Waals surface area contributed by atoms with E-state index in [1.807, 2.05) is 55.4 Å². The maximum atomic E-state index is 11.8. The molecule has 0 aliphatic heterocycles. The van der Waals surface area contributed by atoms with Crippen molar-refractivity contribution >= 4 is 40.3 Å². The quantitative estimate of drug-likeness (QED) is 0.607. The summed E-state index contributed by atoms with van der Waals surface area (Å²) in [6.45, 7) is 0. The molecule has 0 aromatic heterocycles. The van der Waals surface area contributed by atoms with Crippen LogP contribution in [0, 0.1) is 0 Å². The Morgan fingerprint density at radius 1 is 1.07 bits per heavy atom. The summed E-state index contributed by atoms with van der Waals surface area (Å²) in [7, 11) is 3.96. The number of rotatable bonds is 6. The second-order valence-electron chi connectivity index (χ2n) is 6.37. The number of nitrogens with two attached hydrogens (primary N) is 1. The molecule has 0 spiro atoms. The van der Waals surface area contributed by atoms with Gasteiger partial charge in [-0.15, -0.1) is 0 Å². The number of halogens is 3. The monoisotopic (exact) mass is 426 g/mol. The maximum absolute atomic E-state index is 11.8. The van der Waals surface area contributed by atoms with Crippen molar-refractivity contribution in [1.29, 1.82) is 0 Å². The molecule has 0 fully saturated rings. The van der Waals surface area contributed by atoms with Crippen molar-refractivity contribution in [1.82, 2.24) is 0 Å². The lowest BCUT2D eigenvalue weighted by Crippen LogP contribution is -2.32. The molecule has 0 saturated carbocycles. The van der Waals surface area contributed by atoms with Crippen molar-refractivity contribution in [3.05, 3.63) is 48.0 Å². The van der Waals surface area contributed by atoms with Crippen LogP contribution in [-0.2, 0) is 14.4 Å². The molecule has 2 aromatic rings. The molecule has 0 unspecified atom stereocenters. The first-order valence-corrected chi connectivity index (χ1v) is 8.53. The number of fused-ring (bicyclic) bond motifs is 1. The molecule has 0 amide bonds. The number of aliphatic carboxylic acids is 2. The molecule has 162 valence electrons. The number of benzene rings is 2. The van der Waals surface area contributed by atoms with Crippen LogP contribution in [0.2, 0.25) is 0 Å². The molecule has 0 radical (unpaired) electrons. The van der Waals surface area contributed by atoms with E-state index in [1.165, 1.54) is 6.08 Å². The smallest absolute Gasteiger partial charge is 0.480 e. The van der Waals surface area contributed by atoms with Gasteiger partial charge in [0, 0.05) is 31.6 Å². The van der Waals surface area contributed by atoms with Crippen LogP contribution in [0.5, 0.6) is 0 Å². The molecule has 30 heavy (non-hydrogen) atoms. The first-order chi connectivity index (χ1) is 13.8. The standard InChI is InChI=1S/C18H20N2O3.C2HF3O2/c1-20(2)17-10-8-12(14-5-3-4-6-15(14)17)7-9-13(21)11-16(19)18(22)23;3-2(4,5)1(6)7/h3-10,16H,11,19H2,1-2H3,(H,22,23);(H,6,7)/b9-7+;/t16-;/m0./s1. The van der Waals surface area contributed by atoms with E-state index in [-0.39, 0.29) is 12.2 Å². The number of carbonyl (C=O) groups is 3. The van der Waals surface area contributed by atoms with E-state index in [9.17, 15) is 22.8 Å². The zero-order valence-electron chi connectivity index (χ0n) is 16.2. The average molecular weight is 426 g/mol. The first-order valence-electron chi connectivity index (χ1n) is 8.53. The molecule has 0 heterocycles. The number of allylic oxidation sites excluding steroid dienone is 1. The first kappa shape index (κ1) is 24.6. The number of nitrogens with zero attached hydrogens (tertiary/aromatic N) is 1. The van der Waals surface area contributed by atoms with Gasteiger partial charge >= 0.3 is 18.1 Å².